The molecule has 0 aliphatic heterocycles. The first-order valence-electron chi connectivity index (χ1n) is 5.71. The third kappa shape index (κ3) is 5.14. The van der Waals surface area contributed by atoms with Gasteiger partial charge in [0.15, 0.2) is 0 Å². The van der Waals surface area contributed by atoms with E-state index in [2.05, 4.69) is 18.8 Å². The first-order valence-corrected chi connectivity index (χ1v) is 6.69. The monoisotopic (exact) mass is 234 g/mol. The lowest BCUT2D eigenvalue weighted by Crippen LogP contribution is -1.76. The molecule has 0 bridgehead atoms. The number of benzene rings is 1. The van der Waals surface area contributed by atoms with E-state index < -0.39 is 0 Å². The summed E-state index contributed by atoms with van der Waals surface area (Å²) >= 11 is 1.59. The number of thioether (sulfide) groups is 1. The van der Waals surface area contributed by atoms with E-state index in [1.54, 1.807) is 17.8 Å². The zero-order chi connectivity index (χ0) is 11.6. The van der Waals surface area contributed by atoms with Crippen molar-refractivity contribution in [1.29, 1.82) is 0 Å². The van der Waals surface area contributed by atoms with Crippen LogP contribution in [0.1, 0.15) is 32.6 Å². The highest BCUT2D eigenvalue weighted by atomic mass is 32.2. The second kappa shape index (κ2) is 8.13. The van der Waals surface area contributed by atoms with Crippen LogP contribution in [0.5, 0.6) is 5.75 Å². The van der Waals surface area contributed by atoms with E-state index in [0.29, 0.717) is 5.75 Å². The van der Waals surface area contributed by atoms with Gasteiger partial charge in [-0.25, -0.2) is 0 Å². The van der Waals surface area contributed by atoms with E-state index in [0.717, 1.165) is 17.1 Å². The smallest absolute Gasteiger partial charge is 0.129 e. The molecule has 2 heteroatoms. The van der Waals surface area contributed by atoms with Gasteiger partial charge < -0.3 is 5.11 Å². The van der Waals surface area contributed by atoms with E-state index in [1.807, 2.05) is 18.2 Å². The van der Waals surface area contributed by atoms with Gasteiger partial charge in [0.2, 0.25) is 0 Å². The highest BCUT2D eigenvalue weighted by Gasteiger charge is 1.97. The summed E-state index contributed by atoms with van der Waals surface area (Å²) in [7, 11) is 0. The van der Waals surface area contributed by atoms with Crippen LogP contribution in [0.2, 0.25) is 0 Å². The predicted octanol–water partition coefficient (Wildman–Crippen LogP) is 4.07. The molecule has 0 aliphatic rings. The van der Waals surface area contributed by atoms with Gasteiger partial charge in [0.05, 0.1) is 10.6 Å². The van der Waals surface area contributed by atoms with Crippen LogP contribution < -0.4 is 0 Å². The van der Waals surface area contributed by atoms with Crippen molar-refractivity contribution in [3.05, 3.63) is 24.3 Å². The Labute approximate surface area is 102 Å². The number of hydrogen-bond acceptors (Lipinski definition) is 2. The number of phenolic OH excluding ortho intramolecular Hbond substituents is 1. The summed E-state index contributed by atoms with van der Waals surface area (Å²) < 4.78 is 0. The van der Waals surface area contributed by atoms with Gasteiger partial charge in [0.25, 0.3) is 0 Å². The molecule has 0 aromatic heterocycles. The van der Waals surface area contributed by atoms with Crippen LogP contribution >= 0.6 is 11.8 Å². The second-order valence-electron chi connectivity index (χ2n) is 3.57. The third-order valence-electron chi connectivity index (χ3n) is 2.20. The lowest BCUT2D eigenvalue weighted by atomic mass is 10.2. The third-order valence-corrected chi connectivity index (χ3v) is 3.14. The fourth-order valence-electron chi connectivity index (χ4n) is 1.30. The molecule has 86 valence electrons. The van der Waals surface area contributed by atoms with Gasteiger partial charge in [0.1, 0.15) is 5.75 Å². The number of hydrogen-bond donors (Lipinski definition) is 1. The maximum atomic E-state index is 9.51. The standard InChI is InChI=1S/C14H18OS/c1-2-3-4-5-6-9-12-16-14-11-8-7-10-13(14)15/h7-8,10-11,15H,2-5,12H2,1H3. The lowest BCUT2D eigenvalue weighted by molar-refractivity contribution is 0.462. The van der Waals surface area contributed by atoms with Crippen molar-refractivity contribution in [3.63, 3.8) is 0 Å². The molecule has 0 fully saturated rings. The Morgan fingerprint density at radius 2 is 2.00 bits per heavy atom. The lowest BCUT2D eigenvalue weighted by Gasteiger charge is -1.99. The molecule has 16 heavy (non-hydrogen) atoms. The summed E-state index contributed by atoms with van der Waals surface area (Å²) in [5, 5.41) is 9.51. The van der Waals surface area contributed by atoms with Crippen molar-refractivity contribution in [2.75, 3.05) is 5.75 Å². The van der Waals surface area contributed by atoms with E-state index in [-0.39, 0.29) is 0 Å². The van der Waals surface area contributed by atoms with Gasteiger partial charge in [-0.15, -0.1) is 17.7 Å². The van der Waals surface area contributed by atoms with Crippen molar-refractivity contribution < 1.29 is 5.11 Å². The van der Waals surface area contributed by atoms with E-state index in [1.165, 1.54) is 19.3 Å². The van der Waals surface area contributed by atoms with Crippen LogP contribution in [-0.4, -0.2) is 10.9 Å². The average Bonchev–Trinajstić information content (AvgIpc) is 2.30. The molecule has 0 saturated carbocycles. The number of phenols is 1. The highest BCUT2D eigenvalue weighted by molar-refractivity contribution is 7.99. The van der Waals surface area contributed by atoms with Crippen LogP contribution in [0.4, 0.5) is 0 Å². The Morgan fingerprint density at radius 1 is 1.19 bits per heavy atom. The van der Waals surface area contributed by atoms with Crippen LogP contribution in [0.25, 0.3) is 0 Å². The number of unbranched alkanes of at least 4 members (excludes halogenated alkanes) is 3. The Balaban J connectivity index is 2.22. The average molecular weight is 234 g/mol. The molecule has 1 aromatic rings. The Morgan fingerprint density at radius 3 is 2.75 bits per heavy atom. The molecule has 1 nitrogen and oxygen atoms in total. The number of rotatable bonds is 5. The minimum Gasteiger partial charge on any atom is -0.507 e. The van der Waals surface area contributed by atoms with Crippen molar-refractivity contribution >= 4 is 11.8 Å². The fourth-order valence-corrected chi connectivity index (χ4v) is 2.02. The molecule has 1 N–H and O–H groups in total. The maximum Gasteiger partial charge on any atom is 0.129 e. The van der Waals surface area contributed by atoms with Gasteiger partial charge in [-0.1, -0.05) is 37.8 Å². The summed E-state index contributed by atoms with van der Waals surface area (Å²) in [5.41, 5.74) is 0. The molecular weight excluding hydrogens is 216 g/mol. The minimum absolute atomic E-state index is 0.347. The molecule has 0 amide bonds. The Hall–Kier alpha value is -1.07. The van der Waals surface area contributed by atoms with Gasteiger partial charge >= 0.3 is 0 Å². The second-order valence-corrected chi connectivity index (χ2v) is 4.58. The predicted molar refractivity (Wildman–Crippen MR) is 70.7 cm³/mol. The molecule has 0 unspecified atom stereocenters. The van der Waals surface area contributed by atoms with Crippen molar-refractivity contribution in [2.24, 2.45) is 0 Å². The van der Waals surface area contributed by atoms with Crippen molar-refractivity contribution in [2.45, 2.75) is 37.5 Å². The quantitative estimate of drug-likeness (QED) is 0.471. The molecule has 0 saturated heterocycles. The summed E-state index contributed by atoms with van der Waals surface area (Å²) in [6.07, 6.45) is 4.70. The summed E-state index contributed by atoms with van der Waals surface area (Å²) in [6.45, 7) is 2.20. The van der Waals surface area contributed by atoms with Crippen LogP contribution in [0.15, 0.2) is 29.2 Å². The minimum atomic E-state index is 0.347. The zero-order valence-corrected chi connectivity index (χ0v) is 10.5. The Kier molecular flexibility index (Phi) is 6.60. The topological polar surface area (TPSA) is 20.2 Å². The summed E-state index contributed by atoms with van der Waals surface area (Å²) in [6, 6.07) is 7.38. The highest BCUT2D eigenvalue weighted by Crippen LogP contribution is 2.26. The largest absolute Gasteiger partial charge is 0.507 e. The number of para-hydroxylation sites is 1. The Bertz CT molecular complexity index is 362. The number of aromatic hydroxyl groups is 1. The van der Waals surface area contributed by atoms with Crippen molar-refractivity contribution in [1.82, 2.24) is 0 Å². The molecule has 0 atom stereocenters. The van der Waals surface area contributed by atoms with Crippen LogP contribution in [-0.2, 0) is 0 Å². The molecular formula is C14H18OS. The van der Waals surface area contributed by atoms with Crippen molar-refractivity contribution in [3.8, 4) is 17.6 Å². The SMILES string of the molecule is CCCCCC#CCSc1ccccc1O. The maximum absolute atomic E-state index is 9.51. The molecule has 0 spiro atoms. The van der Waals surface area contributed by atoms with Gasteiger partial charge in [0, 0.05) is 6.42 Å². The fraction of sp³-hybridized carbons (Fsp3) is 0.429. The van der Waals surface area contributed by atoms with E-state index in [9.17, 15) is 5.11 Å². The van der Waals surface area contributed by atoms with Gasteiger partial charge in [-0.05, 0) is 18.6 Å². The normalized spacial score (nSPS) is 9.56. The van der Waals surface area contributed by atoms with E-state index >= 15 is 0 Å². The molecule has 0 heterocycles. The van der Waals surface area contributed by atoms with E-state index in [4.69, 9.17) is 0 Å². The molecule has 1 rings (SSSR count). The zero-order valence-electron chi connectivity index (χ0n) is 9.70. The summed E-state index contributed by atoms with van der Waals surface area (Å²) in [4.78, 5) is 0.908. The first-order chi connectivity index (χ1) is 7.84. The van der Waals surface area contributed by atoms with Gasteiger partial charge in [-0.3, -0.25) is 0 Å². The summed E-state index contributed by atoms with van der Waals surface area (Å²) in [5.74, 6) is 7.38. The molecule has 1 aromatic carbocycles. The molecule has 0 aliphatic carbocycles. The van der Waals surface area contributed by atoms with Crippen LogP contribution in [0.3, 0.4) is 0 Å². The van der Waals surface area contributed by atoms with Crippen LogP contribution in [0, 0.1) is 11.8 Å². The van der Waals surface area contributed by atoms with Gasteiger partial charge in [-0.2, -0.15) is 0 Å². The first kappa shape index (κ1) is 13.0. The molecule has 0 radical (unpaired) electrons.